The van der Waals surface area contributed by atoms with E-state index in [9.17, 15) is 4.79 Å². The molecule has 1 aliphatic rings. The van der Waals surface area contributed by atoms with Crippen LogP contribution in [0.2, 0.25) is 0 Å². The molecule has 0 saturated heterocycles. The molecule has 1 atom stereocenters. The number of nitrogens with one attached hydrogen (secondary N) is 1. The topological polar surface area (TPSA) is 50.8 Å². The largest absolute Gasteiger partial charge is 0.485 e. The van der Waals surface area contributed by atoms with Crippen LogP contribution in [0, 0.1) is 0 Å². The third-order valence-electron chi connectivity index (χ3n) is 2.66. The van der Waals surface area contributed by atoms with Crippen molar-refractivity contribution in [1.29, 1.82) is 0 Å². The zero-order valence-electron chi connectivity index (χ0n) is 10.7. The summed E-state index contributed by atoms with van der Waals surface area (Å²) in [6.45, 7) is 1.66. The van der Waals surface area contributed by atoms with Crippen LogP contribution in [0.25, 0.3) is 0 Å². The summed E-state index contributed by atoms with van der Waals surface area (Å²) >= 11 is 0. The van der Waals surface area contributed by atoms with Crippen molar-refractivity contribution in [1.82, 2.24) is 10.2 Å². The molecular formula is C13H18N2O3. The van der Waals surface area contributed by atoms with Gasteiger partial charge in [-0.1, -0.05) is 12.1 Å². The molecule has 0 unspecified atom stereocenters. The van der Waals surface area contributed by atoms with Gasteiger partial charge in [0.15, 0.2) is 11.5 Å². The van der Waals surface area contributed by atoms with Crippen molar-refractivity contribution in [3.8, 4) is 11.5 Å². The van der Waals surface area contributed by atoms with Crippen LogP contribution < -0.4 is 14.8 Å². The van der Waals surface area contributed by atoms with E-state index in [0.29, 0.717) is 18.0 Å². The summed E-state index contributed by atoms with van der Waals surface area (Å²) in [5.74, 6) is 1.18. The van der Waals surface area contributed by atoms with E-state index in [1.807, 2.05) is 37.2 Å². The summed E-state index contributed by atoms with van der Waals surface area (Å²) in [6, 6.07) is 7.36. The molecule has 1 aromatic rings. The SMILES string of the molecule is CN(C)CCNC(=O)[C@H]1COc2ccccc2O1. The van der Waals surface area contributed by atoms with Crippen LogP contribution in [-0.4, -0.2) is 50.7 Å². The molecule has 1 N–H and O–H groups in total. The summed E-state index contributed by atoms with van der Waals surface area (Å²) in [4.78, 5) is 13.9. The lowest BCUT2D eigenvalue weighted by Gasteiger charge is -2.25. The molecule has 0 bridgehead atoms. The molecule has 5 nitrogen and oxygen atoms in total. The predicted molar refractivity (Wildman–Crippen MR) is 67.9 cm³/mol. The number of amides is 1. The van der Waals surface area contributed by atoms with Crippen molar-refractivity contribution >= 4 is 5.91 Å². The van der Waals surface area contributed by atoms with Crippen LogP contribution in [0.15, 0.2) is 24.3 Å². The lowest BCUT2D eigenvalue weighted by Crippen LogP contribution is -2.45. The third-order valence-corrected chi connectivity index (χ3v) is 2.66. The standard InChI is InChI=1S/C13H18N2O3/c1-15(2)8-7-14-13(16)12-9-17-10-5-3-4-6-11(10)18-12/h3-6,12H,7-9H2,1-2H3,(H,14,16)/t12-/m1/s1. The zero-order valence-corrected chi connectivity index (χ0v) is 10.7. The molecule has 0 spiro atoms. The lowest BCUT2D eigenvalue weighted by molar-refractivity contribution is -0.130. The van der Waals surface area contributed by atoms with Gasteiger partial charge >= 0.3 is 0 Å². The number of fused-ring (bicyclic) bond motifs is 1. The second-order valence-electron chi connectivity index (χ2n) is 4.46. The number of carbonyl (C=O) groups excluding carboxylic acids is 1. The number of rotatable bonds is 4. The fourth-order valence-electron chi connectivity index (χ4n) is 1.67. The molecule has 1 amide bonds. The molecule has 0 aliphatic carbocycles. The second-order valence-corrected chi connectivity index (χ2v) is 4.46. The van der Waals surface area contributed by atoms with Crippen molar-refractivity contribution in [3.63, 3.8) is 0 Å². The minimum absolute atomic E-state index is 0.133. The normalized spacial score (nSPS) is 17.6. The molecular weight excluding hydrogens is 232 g/mol. The van der Waals surface area contributed by atoms with Gasteiger partial charge in [-0.2, -0.15) is 0 Å². The van der Waals surface area contributed by atoms with Gasteiger partial charge in [-0.15, -0.1) is 0 Å². The van der Waals surface area contributed by atoms with Crippen molar-refractivity contribution in [3.05, 3.63) is 24.3 Å². The monoisotopic (exact) mass is 250 g/mol. The van der Waals surface area contributed by atoms with Crippen molar-refractivity contribution < 1.29 is 14.3 Å². The minimum Gasteiger partial charge on any atom is -0.485 e. The van der Waals surface area contributed by atoms with Crippen LogP contribution >= 0.6 is 0 Å². The molecule has 1 heterocycles. The number of benzene rings is 1. The Bertz CT molecular complexity index is 420. The molecule has 0 radical (unpaired) electrons. The summed E-state index contributed by atoms with van der Waals surface area (Å²) in [5, 5.41) is 2.83. The predicted octanol–water partition coefficient (Wildman–Crippen LogP) is 0.504. The number of ether oxygens (including phenoxy) is 2. The Labute approximate surface area is 107 Å². The summed E-state index contributed by atoms with van der Waals surface area (Å²) in [5.41, 5.74) is 0. The fourth-order valence-corrected chi connectivity index (χ4v) is 1.67. The molecule has 98 valence electrons. The van der Waals surface area contributed by atoms with E-state index in [2.05, 4.69) is 5.32 Å². The van der Waals surface area contributed by atoms with Crippen LogP contribution in [0.4, 0.5) is 0 Å². The highest BCUT2D eigenvalue weighted by Gasteiger charge is 2.26. The Morgan fingerprint density at radius 1 is 1.39 bits per heavy atom. The van der Waals surface area contributed by atoms with Gasteiger partial charge in [0.2, 0.25) is 6.10 Å². The summed E-state index contributed by atoms with van der Waals surface area (Å²) in [7, 11) is 3.92. The Hall–Kier alpha value is -1.75. The van der Waals surface area contributed by atoms with Gasteiger partial charge in [0, 0.05) is 13.1 Å². The van der Waals surface area contributed by atoms with E-state index >= 15 is 0 Å². The van der Waals surface area contributed by atoms with E-state index in [1.54, 1.807) is 6.07 Å². The molecule has 0 aromatic heterocycles. The van der Waals surface area contributed by atoms with E-state index in [0.717, 1.165) is 6.54 Å². The van der Waals surface area contributed by atoms with Gasteiger partial charge in [0.05, 0.1) is 0 Å². The highest BCUT2D eigenvalue weighted by atomic mass is 16.6. The Morgan fingerprint density at radius 3 is 2.83 bits per heavy atom. The van der Waals surface area contributed by atoms with Crippen molar-refractivity contribution in [2.75, 3.05) is 33.8 Å². The highest BCUT2D eigenvalue weighted by molar-refractivity contribution is 5.81. The molecule has 0 fully saturated rings. The van der Waals surface area contributed by atoms with E-state index < -0.39 is 6.10 Å². The Morgan fingerprint density at radius 2 is 2.11 bits per heavy atom. The molecule has 1 aromatic carbocycles. The third kappa shape index (κ3) is 3.13. The van der Waals surface area contributed by atoms with Gasteiger partial charge in [0.1, 0.15) is 6.61 Å². The molecule has 2 rings (SSSR count). The van der Waals surface area contributed by atoms with E-state index in [4.69, 9.17) is 9.47 Å². The first-order chi connectivity index (χ1) is 8.66. The fraction of sp³-hybridized carbons (Fsp3) is 0.462. The minimum atomic E-state index is -0.568. The van der Waals surface area contributed by atoms with E-state index in [1.165, 1.54) is 0 Å². The van der Waals surface area contributed by atoms with Crippen molar-refractivity contribution in [2.45, 2.75) is 6.10 Å². The molecule has 5 heteroatoms. The van der Waals surface area contributed by atoms with Crippen LogP contribution in [0.3, 0.4) is 0 Å². The number of para-hydroxylation sites is 2. The maximum Gasteiger partial charge on any atom is 0.264 e. The number of hydrogen-bond acceptors (Lipinski definition) is 4. The highest BCUT2D eigenvalue weighted by Crippen LogP contribution is 2.30. The van der Waals surface area contributed by atoms with E-state index in [-0.39, 0.29) is 12.5 Å². The Kier molecular flexibility index (Phi) is 4.04. The zero-order chi connectivity index (χ0) is 13.0. The first-order valence-corrected chi connectivity index (χ1v) is 5.98. The average Bonchev–Trinajstić information content (AvgIpc) is 2.37. The molecule has 18 heavy (non-hydrogen) atoms. The summed E-state index contributed by atoms with van der Waals surface area (Å²) < 4.78 is 11.1. The van der Waals surface area contributed by atoms with Crippen molar-refractivity contribution in [2.24, 2.45) is 0 Å². The lowest BCUT2D eigenvalue weighted by atomic mass is 10.2. The molecule has 1 aliphatic heterocycles. The molecule has 0 saturated carbocycles. The Balaban J connectivity index is 1.87. The first kappa shape index (κ1) is 12.7. The number of hydrogen-bond donors (Lipinski definition) is 1. The van der Waals surface area contributed by atoms with Crippen LogP contribution in [0.5, 0.6) is 11.5 Å². The van der Waals surface area contributed by atoms with Gasteiger partial charge in [-0.05, 0) is 26.2 Å². The average molecular weight is 250 g/mol. The van der Waals surface area contributed by atoms with Gasteiger partial charge in [-0.25, -0.2) is 0 Å². The maximum absolute atomic E-state index is 11.9. The van der Waals surface area contributed by atoms with Gasteiger partial charge in [0.25, 0.3) is 5.91 Å². The first-order valence-electron chi connectivity index (χ1n) is 5.98. The quantitative estimate of drug-likeness (QED) is 0.845. The van der Waals surface area contributed by atoms with Crippen LogP contribution in [-0.2, 0) is 4.79 Å². The summed E-state index contributed by atoms with van der Waals surface area (Å²) in [6.07, 6.45) is -0.568. The smallest absolute Gasteiger partial charge is 0.264 e. The number of likely N-dealkylation sites (N-methyl/N-ethyl adjacent to an activating group) is 1. The van der Waals surface area contributed by atoms with Gasteiger partial charge < -0.3 is 19.7 Å². The maximum atomic E-state index is 11.9. The van der Waals surface area contributed by atoms with Crippen LogP contribution in [0.1, 0.15) is 0 Å². The second kappa shape index (κ2) is 5.73. The van der Waals surface area contributed by atoms with Gasteiger partial charge in [-0.3, -0.25) is 4.79 Å². The number of nitrogens with zero attached hydrogens (tertiary/aromatic N) is 1. The number of carbonyl (C=O) groups is 1.